The average Bonchev–Trinajstić information content (AvgIpc) is 2.47. The van der Waals surface area contributed by atoms with Gasteiger partial charge in [-0.05, 0) is 36.4 Å². The quantitative estimate of drug-likeness (QED) is 0.870. The SMILES string of the molecule is C#Cc1cccc(NC(=O)c2ccc(OC)c(F)c2)c1. The van der Waals surface area contributed by atoms with Crippen LogP contribution in [0, 0.1) is 18.2 Å². The maximum absolute atomic E-state index is 13.5. The van der Waals surface area contributed by atoms with Crippen molar-refractivity contribution in [2.24, 2.45) is 0 Å². The molecule has 20 heavy (non-hydrogen) atoms. The third kappa shape index (κ3) is 2.96. The number of amides is 1. The van der Waals surface area contributed by atoms with Gasteiger partial charge in [0.15, 0.2) is 11.6 Å². The van der Waals surface area contributed by atoms with Crippen LogP contribution in [0.3, 0.4) is 0 Å². The van der Waals surface area contributed by atoms with Crippen LogP contribution in [0.15, 0.2) is 42.5 Å². The van der Waals surface area contributed by atoms with Gasteiger partial charge in [-0.15, -0.1) is 6.42 Å². The van der Waals surface area contributed by atoms with E-state index >= 15 is 0 Å². The molecule has 2 rings (SSSR count). The number of hydrogen-bond acceptors (Lipinski definition) is 2. The summed E-state index contributed by atoms with van der Waals surface area (Å²) in [6.45, 7) is 0. The first kappa shape index (κ1) is 13.6. The van der Waals surface area contributed by atoms with Gasteiger partial charge in [0, 0.05) is 16.8 Å². The number of hydrogen-bond donors (Lipinski definition) is 1. The van der Waals surface area contributed by atoms with Crippen LogP contribution in [0.25, 0.3) is 0 Å². The Kier molecular flexibility index (Phi) is 4.02. The summed E-state index contributed by atoms with van der Waals surface area (Å²) in [6.07, 6.45) is 5.29. The highest BCUT2D eigenvalue weighted by Crippen LogP contribution is 2.19. The van der Waals surface area contributed by atoms with Gasteiger partial charge in [0.2, 0.25) is 0 Å². The lowest BCUT2D eigenvalue weighted by atomic mass is 10.1. The molecule has 1 N–H and O–H groups in total. The Morgan fingerprint density at radius 1 is 1.30 bits per heavy atom. The molecule has 4 heteroatoms. The number of terminal acetylenes is 1. The van der Waals surface area contributed by atoms with Crippen molar-refractivity contribution in [2.45, 2.75) is 0 Å². The zero-order chi connectivity index (χ0) is 14.5. The molecule has 0 spiro atoms. The van der Waals surface area contributed by atoms with E-state index in [9.17, 15) is 9.18 Å². The molecule has 0 aliphatic carbocycles. The topological polar surface area (TPSA) is 38.3 Å². The molecule has 1 amide bonds. The predicted molar refractivity (Wildman–Crippen MR) is 75.3 cm³/mol. The van der Waals surface area contributed by atoms with E-state index in [1.165, 1.54) is 19.2 Å². The second-order valence-corrected chi connectivity index (χ2v) is 4.03. The third-order valence-corrected chi connectivity index (χ3v) is 2.70. The van der Waals surface area contributed by atoms with E-state index in [4.69, 9.17) is 11.2 Å². The van der Waals surface area contributed by atoms with Crippen LogP contribution in [0.4, 0.5) is 10.1 Å². The van der Waals surface area contributed by atoms with E-state index < -0.39 is 11.7 Å². The van der Waals surface area contributed by atoms with Gasteiger partial charge >= 0.3 is 0 Å². The van der Waals surface area contributed by atoms with E-state index in [-0.39, 0.29) is 11.3 Å². The number of carbonyl (C=O) groups excluding carboxylic acids is 1. The normalized spacial score (nSPS) is 9.65. The Morgan fingerprint density at radius 2 is 2.10 bits per heavy atom. The minimum absolute atomic E-state index is 0.0934. The van der Waals surface area contributed by atoms with Crippen LogP contribution >= 0.6 is 0 Å². The number of anilines is 1. The Bertz CT molecular complexity index is 689. The van der Waals surface area contributed by atoms with Crippen molar-refractivity contribution in [2.75, 3.05) is 12.4 Å². The lowest BCUT2D eigenvalue weighted by Crippen LogP contribution is -2.12. The van der Waals surface area contributed by atoms with Gasteiger partial charge in [0.25, 0.3) is 5.91 Å². The van der Waals surface area contributed by atoms with Crippen molar-refractivity contribution in [3.05, 3.63) is 59.4 Å². The van der Waals surface area contributed by atoms with E-state index in [1.54, 1.807) is 24.3 Å². The molecule has 0 aromatic heterocycles. The molecule has 0 unspecified atom stereocenters. The maximum Gasteiger partial charge on any atom is 0.255 e. The van der Waals surface area contributed by atoms with Gasteiger partial charge in [-0.25, -0.2) is 4.39 Å². The summed E-state index contributed by atoms with van der Waals surface area (Å²) in [6, 6.07) is 10.9. The molecule has 0 fully saturated rings. The summed E-state index contributed by atoms with van der Waals surface area (Å²) in [5.41, 5.74) is 1.42. The molecular formula is C16H12FNO2. The zero-order valence-corrected chi connectivity index (χ0v) is 10.8. The first-order valence-corrected chi connectivity index (χ1v) is 5.85. The Morgan fingerprint density at radius 3 is 2.75 bits per heavy atom. The number of methoxy groups -OCH3 is 1. The van der Waals surface area contributed by atoms with Gasteiger partial charge in [0.1, 0.15) is 0 Å². The van der Waals surface area contributed by atoms with Gasteiger partial charge in [0.05, 0.1) is 7.11 Å². The molecule has 100 valence electrons. The lowest BCUT2D eigenvalue weighted by molar-refractivity contribution is 0.102. The summed E-state index contributed by atoms with van der Waals surface area (Å²) >= 11 is 0. The fraction of sp³-hybridized carbons (Fsp3) is 0.0625. The van der Waals surface area contributed by atoms with Crippen LogP contribution in [-0.2, 0) is 0 Å². The summed E-state index contributed by atoms with van der Waals surface area (Å²) in [4.78, 5) is 12.0. The zero-order valence-electron chi connectivity index (χ0n) is 10.8. The molecule has 2 aromatic carbocycles. The Hall–Kier alpha value is -2.80. The summed E-state index contributed by atoms with van der Waals surface area (Å²) < 4.78 is 18.3. The van der Waals surface area contributed by atoms with Gasteiger partial charge < -0.3 is 10.1 Å². The molecule has 0 saturated heterocycles. The van der Waals surface area contributed by atoms with Crippen LogP contribution in [0.5, 0.6) is 5.75 Å². The molecule has 0 aliphatic rings. The second kappa shape index (κ2) is 5.89. The Balaban J connectivity index is 2.19. The predicted octanol–water partition coefficient (Wildman–Crippen LogP) is 3.07. The van der Waals surface area contributed by atoms with Gasteiger partial charge in [-0.3, -0.25) is 4.79 Å². The highest BCUT2D eigenvalue weighted by atomic mass is 19.1. The van der Waals surface area contributed by atoms with Gasteiger partial charge in [-0.1, -0.05) is 12.0 Å². The summed E-state index contributed by atoms with van der Waals surface area (Å²) in [7, 11) is 1.36. The monoisotopic (exact) mass is 269 g/mol. The number of rotatable bonds is 3. The van der Waals surface area contributed by atoms with Crippen LogP contribution in [0.1, 0.15) is 15.9 Å². The van der Waals surface area contributed by atoms with E-state index in [2.05, 4.69) is 11.2 Å². The molecule has 0 saturated carbocycles. The maximum atomic E-state index is 13.5. The fourth-order valence-electron chi connectivity index (χ4n) is 1.70. The number of nitrogens with one attached hydrogen (secondary N) is 1. The first-order chi connectivity index (χ1) is 9.63. The minimum atomic E-state index is -0.586. The molecule has 0 aliphatic heterocycles. The standard InChI is InChI=1S/C16H12FNO2/c1-3-11-5-4-6-13(9-11)18-16(19)12-7-8-15(20-2)14(17)10-12/h1,4-10H,2H3,(H,18,19). The van der Waals surface area contributed by atoms with E-state index in [0.717, 1.165) is 6.07 Å². The number of carbonyl (C=O) groups is 1. The van der Waals surface area contributed by atoms with Crippen LogP contribution < -0.4 is 10.1 Å². The van der Waals surface area contributed by atoms with E-state index in [1.807, 2.05) is 0 Å². The molecular weight excluding hydrogens is 257 g/mol. The van der Waals surface area contributed by atoms with Crippen molar-refractivity contribution >= 4 is 11.6 Å². The highest BCUT2D eigenvalue weighted by Gasteiger charge is 2.10. The molecule has 0 atom stereocenters. The summed E-state index contributed by atoms with van der Waals surface area (Å²) in [5.74, 6) is 1.57. The van der Waals surface area contributed by atoms with Crippen molar-refractivity contribution in [1.29, 1.82) is 0 Å². The van der Waals surface area contributed by atoms with Crippen LogP contribution in [0.2, 0.25) is 0 Å². The van der Waals surface area contributed by atoms with E-state index in [0.29, 0.717) is 11.3 Å². The fourth-order valence-corrected chi connectivity index (χ4v) is 1.70. The number of benzene rings is 2. The van der Waals surface area contributed by atoms with Crippen LogP contribution in [-0.4, -0.2) is 13.0 Å². The molecule has 2 aromatic rings. The highest BCUT2D eigenvalue weighted by molar-refractivity contribution is 6.04. The average molecular weight is 269 g/mol. The molecule has 0 heterocycles. The smallest absolute Gasteiger partial charge is 0.255 e. The second-order valence-electron chi connectivity index (χ2n) is 4.03. The first-order valence-electron chi connectivity index (χ1n) is 5.85. The number of halogens is 1. The minimum Gasteiger partial charge on any atom is -0.494 e. The third-order valence-electron chi connectivity index (χ3n) is 2.70. The number of ether oxygens (including phenoxy) is 1. The molecule has 0 bridgehead atoms. The lowest BCUT2D eigenvalue weighted by Gasteiger charge is -2.07. The summed E-state index contributed by atoms with van der Waals surface area (Å²) in [5, 5.41) is 2.66. The molecule has 3 nitrogen and oxygen atoms in total. The van der Waals surface area contributed by atoms with Crippen molar-refractivity contribution < 1.29 is 13.9 Å². The largest absolute Gasteiger partial charge is 0.494 e. The Labute approximate surface area is 116 Å². The van der Waals surface area contributed by atoms with Gasteiger partial charge in [-0.2, -0.15) is 0 Å². The molecule has 0 radical (unpaired) electrons. The van der Waals surface area contributed by atoms with Crippen molar-refractivity contribution in [3.8, 4) is 18.1 Å². The van der Waals surface area contributed by atoms with Crippen molar-refractivity contribution in [3.63, 3.8) is 0 Å². The van der Waals surface area contributed by atoms with Crippen molar-refractivity contribution in [1.82, 2.24) is 0 Å².